The minimum atomic E-state index is 0.541. The quantitative estimate of drug-likeness (QED) is 0.712. The Morgan fingerprint density at radius 1 is 0.760 bits per heavy atom. The highest BCUT2D eigenvalue weighted by Gasteiger charge is 2.30. The van der Waals surface area contributed by atoms with Crippen LogP contribution in [0.1, 0.15) is 43.2 Å². The Morgan fingerprint density at radius 2 is 1.32 bits per heavy atom. The van der Waals surface area contributed by atoms with E-state index in [9.17, 15) is 0 Å². The molecule has 2 aromatic carbocycles. The molecule has 0 N–H and O–H groups in total. The molecular weight excluding hydrogens is 304 g/mol. The molecule has 2 aliphatic rings. The zero-order valence-corrected chi connectivity index (χ0v) is 15.5. The molecule has 0 radical (unpaired) electrons. The van der Waals surface area contributed by atoms with Gasteiger partial charge in [0.15, 0.2) is 0 Å². The van der Waals surface area contributed by atoms with Gasteiger partial charge < -0.3 is 4.90 Å². The third kappa shape index (κ3) is 3.51. The Balaban J connectivity index is 1.42. The predicted molar refractivity (Wildman–Crippen MR) is 106 cm³/mol. The van der Waals surface area contributed by atoms with Gasteiger partial charge in [-0.2, -0.15) is 0 Å². The molecule has 2 aromatic rings. The summed E-state index contributed by atoms with van der Waals surface area (Å²) < 4.78 is 0. The second-order valence-electron chi connectivity index (χ2n) is 7.58. The van der Waals surface area contributed by atoms with Crippen LogP contribution >= 0.6 is 0 Å². The van der Waals surface area contributed by atoms with E-state index in [0.717, 1.165) is 6.54 Å². The molecule has 1 heterocycles. The monoisotopic (exact) mass is 334 g/mol. The van der Waals surface area contributed by atoms with E-state index in [1.165, 1.54) is 74.2 Å². The van der Waals surface area contributed by atoms with Crippen LogP contribution in [-0.2, 0) is 0 Å². The molecule has 0 atom stereocenters. The molecular formula is C23H30N2. The van der Waals surface area contributed by atoms with Crippen molar-refractivity contribution in [1.29, 1.82) is 0 Å². The first-order chi connectivity index (χ1) is 12.4. The Hall–Kier alpha value is -1.64. The van der Waals surface area contributed by atoms with Crippen molar-refractivity contribution in [3.63, 3.8) is 0 Å². The van der Waals surface area contributed by atoms with Gasteiger partial charge in [-0.3, -0.25) is 4.90 Å². The van der Waals surface area contributed by atoms with Crippen LogP contribution in [0.15, 0.2) is 48.5 Å². The topological polar surface area (TPSA) is 6.48 Å². The largest absolute Gasteiger partial charge is 0.301 e. The molecule has 0 unspecified atom stereocenters. The van der Waals surface area contributed by atoms with Gasteiger partial charge in [0.2, 0.25) is 0 Å². The summed E-state index contributed by atoms with van der Waals surface area (Å²) in [5, 5.41) is 0. The molecule has 2 nitrogen and oxygen atoms in total. The lowest BCUT2D eigenvalue weighted by Gasteiger charge is -2.36. The summed E-state index contributed by atoms with van der Waals surface area (Å²) in [4.78, 5) is 5.34. The molecule has 132 valence electrons. The summed E-state index contributed by atoms with van der Waals surface area (Å²) in [7, 11) is 0. The number of hydrogen-bond donors (Lipinski definition) is 0. The number of fused-ring (bicyclic) bond motifs is 3. The third-order valence-electron chi connectivity index (χ3n) is 5.95. The number of benzene rings is 2. The number of unbranched alkanes of at least 4 members (excludes halogenated alkanes) is 2. The first-order valence-electron chi connectivity index (χ1n) is 9.99. The van der Waals surface area contributed by atoms with Crippen molar-refractivity contribution in [3.05, 3.63) is 59.7 Å². The Labute approximate surface area is 152 Å². The Bertz CT molecular complexity index is 655. The summed E-state index contributed by atoms with van der Waals surface area (Å²) in [5.74, 6) is 0.541. The summed E-state index contributed by atoms with van der Waals surface area (Å²) in [5.41, 5.74) is 5.94. The SMILES string of the molecule is CCCCCN1CCN(CC2c3ccccc3-c3ccccc32)CC1. The van der Waals surface area contributed by atoms with Crippen LogP contribution in [-0.4, -0.2) is 49.1 Å². The van der Waals surface area contributed by atoms with Gasteiger partial charge in [-0.1, -0.05) is 68.3 Å². The van der Waals surface area contributed by atoms with Crippen LogP contribution in [0.4, 0.5) is 0 Å². The Morgan fingerprint density at radius 3 is 1.92 bits per heavy atom. The number of rotatable bonds is 6. The summed E-state index contributed by atoms with van der Waals surface area (Å²) in [6, 6.07) is 18.0. The zero-order valence-electron chi connectivity index (χ0n) is 15.5. The van der Waals surface area contributed by atoms with Crippen molar-refractivity contribution in [1.82, 2.24) is 9.80 Å². The second-order valence-corrected chi connectivity index (χ2v) is 7.58. The molecule has 25 heavy (non-hydrogen) atoms. The van der Waals surface area contributed by atoms with Crippen LogP contribution in [0.25, 0.3) is 11.1 Å². The van der Waals surface area contributed by atoms with E-state index in [1.807, 2.05) is 0 Å². The summed E-state index contributed by atoms with van der Waals surface area (Å²) in [6.07, 6.45) is 4.05. The minimum Gasteiger partial charge on any atom is -0.301 e. The molecule has 2 heteroatoms. The van der Waals surface area contributed by atoms with E-state index in [1.54, 1.807) is 0 Å². The van der Waals surface area contributed by atoms with E-state index in [4.69, 9.17) is 0 Å². The lowest BCUT2D eigenvalue weighted by molar-refractivity contribution is 0.128. The highest BCUT2D eigenvalue weighted by Crippen LogP contribution is 2.44. The smallest absolute Gasteiger partial charge is 0.0229 e. The molecule has 0 saturated carbocycles. The van der Waals surface area contributed by atoms with Gasteiger partial charge in [-0.25, -0.2) is 0 Å². The van der Waals surface area contributed by atoms with Crippen LogP contribution < -0.4 is 0 Å². The highest BCUT2D eigenvalue weighted by molar-refractivity contribution is 5.78. The van der Waals surface area contributed by atoms with Crippen LogP contribution in [0.5, 0.6) is 0 Å². The molecule has 4 rings (SSSR count). The van der Waals surface area contributed by atoms with E-state index in [0.29, 0.717) is 5.92 Å². The Kier molecular flexibility index (Phi) is 5.19. The lowest BCUT2D eigenvalue weighted by Crippen LogP contribution is -2.47. The van der Waals surface area contributed by atoms with Crippen molar-refractivity contribution < 1.29 is 0 Å². The molecule has 1 saturated heterocycles. The summed E-state index contributed by atoms with van der Waals surface area (Å²) in [6.45, 7) is 9.64. The fourth-order valence-corrected chi connectivity index (χ4v) is 4.50. The average molecular weight is 335 g/mol. The first kappa shape index (κ1) is 16.8. The predicted octanol–water partition coefficient (Wildman–Crippen LogP) is 4.61. The molecule has 0 spiro atoms. The molecule has 1 fully saturated rings. The maximum Gasteiger partial charge on any atom is 0.0229 e. The van der Waals surface area contributed by atoms with E-state index >= 15 is 0 Å². The summed E-state index contributed by atoms with van der Waals surface area (Å²) >= 11 is 0. The number of hydrogen-bond acceptors (Lipinski definition) is 2. The van der Waals surface area contributed by atoms with E-state index in [2.05, 4.69) is 65.3 Å². The van der Waals surface area contributed by atoms with Crippen molar-refractivity contribution >= 4 is 0 Å². The molecule has 1 aliphatic carbocycles. The lowest BCUT2D eigenvalue weighted by atomic mass is 9.96. The minimum absolute atomic E-state index is 0.541. The molecule has 1 aliphatic heterocycles. The van der Waals surface area contributed by atoms with Crippen LogP contribution in [0.3, 0.4) is 0 Å². The van der Waals surface area contributed by atoms with E-state index < -0.39 is 0 Å². The first-order valence-corrected chi connectivity index (χ1v) is 9.99. The molecule has 0 aromatic heterocycles. The number of piperazine rings is 1. The standard InChI is InChI=1S/C23H30N2/c1-2-3-8-13-24-14-16-25(17-15-24)18-23-21-11-6-4-9-19(21)20-10-5-7-12-22(20)23/h4-7,9-12,23H,2-3,8,13-18H2,1H3. The highest BCUT2D eigenvalue weighted by atomic mass is 15.3. The normalized spacial score (nSPS) is 18.3. The van der Waals surface area contributed by atoms with Crippen molar-refractivity contribution in [2.45, 2.75) is 32.1 Å². The fourth-order valence-electron chi connectivity index (χ4n) is 4.50. The van der Waals surface area contributed by atoms with Gasteiger partial charge in [0, 0.05) is 38.6 Å². The van der Waals surface area contributed by atoms with Crippen molar-refractivity contribution in [3.8, 4) is 11.1 Å². The van der Waals surface area contributed by atoms with Gasteiger partial charge in [0.1, 0.15) is 0 Å². The number of nitrogens with zero attached hydrogens (tertiary/aromatic N) is 2. The van der Waals surface area contributed by atoms with Crippen molar-refractivity contribution in [2.24, 2.45) is 0 Å². The van der Waals surface area contributed by atoms with Gasteiger partial charge in [0.25, 0.3) is 0 Å². The second kappa shape index (κ2) is 7.72. The maximum atomic E-state index is 2.68. The van der Waals surface area contributed by atoms with Gasteiger partial charge >= 0.3 is 0 Å². The average Bonchev–Trinajstić information content (AvgIpc) is 2.98. The van der Waals surface area contributed by atoms with Crippen LogP contribution in [0, 0.1) is 0 Å². The van der Waals surface area contributed by atoms with Gasteiger partial charge in [0.05, 0.1) is 0 Å². The van der Waals surface area contributed by atoms with E-state index in [-0.39, 0.29) is 0 Å². The fraction of sp³-hybridized carbons (Fsp3) is 0.478. The third-order valence-corrected chi connectivity index (χ3v) is 5.95. The van der Waals surface area contributed by atoms with Crippen LogP contribution in [0.2, 0.25) is 0 Å². The molecule has 0 bridgehead atoms. The van der Waals surface area contributed by atoms with Crippen molar-refractivity contribution in [2.75, 3.05) is 39.3 Å². The zero-order chi connectivity index (χ0) is 17.1. The van der Waals surface area contributed by atoms with Gasteiger partial charge in [-0.15, -0.1) is 0 Å². The maximum absolute atomic E-state index is 2.68. The van der Waals surface area contributed by atoms with Gasteiger partial charge in [-0.05, 0) is 35.2 Å². The molecule has 0 amide bonds.